The van der Waals surface area contributed by atoms with E-state index >= 15 is 0 Å². The van der Waals surface area contributed by atoms with Crippen molar-refractivity contribution in [2.75, 3.05) is 50.8 Å². The monoisotopic (exact) mass is 427 g/mol. The highest BCUT2D eigenvalue weighted by atomic mass is 16.5. The number of hydrogen-bond acceptors (Lipinski definition) is 4. The van der Waals surface area contributed by atoms with Gasteiger partial charge in [0, 0.05) is 19.6 Å². The summed E-state index contributed by atoms with van der Waals surface area (Å²) >= 11 is 0. The van der Waals surface area contributed by atoms with Gasteiger partial charge in [-0.3, -0.25) is 4.79 Å². The molecule has 1 amide bonds. The molecule has 0 aromatic carbocycles. The highest BCUT2D eigenvalue weighted by Crippen LogP contribution is 2.31. The van der Waals surface area contributed by atoms with Gasteiger partial charge in [0.15, 0.2) is 6.54 Å². The summed E-state index contributed by atoms with van der Waals surface area (Å²) in [6.45, 7) is 9.99. The Labute approximate surface area is 185 Å². The van der Waals surface area contributed by atoms with E-state index in [2.05, 4.69) is 35.1 Å². The first-order valence-corrected chi connectivity index (χ1v) is 12.0. The Morgan fingerprint density at radius 1 is 1.29 bits per heavy atom. The Kier molecular flexibility index (Phi) is 7.09. The van der Waals surface area contributed by atoms with Crippen LogP contribution in [-0.4, -0.2) is 57.9 Å². The fourth-order valence-electron chi connectivity index (χ4n) is 5.26. The lowest BCUT2D eigenvalue weighted by Gasteiger charge is -2.29. The number of rotatable bonds is 7. The van der Waals surface area contributed by atoms with Crippen LogP contribution in [0.1, 0.15) is 55.5 Å². The molecule has 3 aliphatic rings. The maximum atomic E-state index is 12.3. The molecule has 2 fully saturated rings. The van der Waals surface area contributed by atoms with Gasteiger partial charge in [-0.05, 0) is 49.1 Å². The van der Waals surface area contributed by atoms with Gasteiger partial charge in [-0.25, -0.2) is 9.88 Å². The topological polar surface area (TPSA) is 83.9 Å². The second kappa shape index (κ2) is 9.97. The molecule has 3 heterocycles. The smallest absolute Gasteiger partial charge is 0.293 e. The molecule has 1 aromatic rings. The quantitative estimate of drug-likeness (QED) is 0.645. The predicted octanol–water partition coefficient (Wildman–Crippen LogP) is 0.0597. The van der Waals surface area contributed by atoms with Crippen LogP contribution in [-0.2, 0) is 28.8 Å². The van der Waals surface area contributed by atoms with E-state index in [4.69, 9.17) is 4.74 Å². The van der Waals surface area contributed by atoms with Crippen LogP contribution in [0.25, 0.3) is 0 Å². The zero-order chi connectivity index (χ0) is 21.8. The van der Waals surface area contributed by atoms with Gasteiger partial charge in [0.05, 0.1) is 6.10 Å². The maximum Gasteiger partial charge on any atom is 0.293 e. The van der Waals surface area contributed by atoms with E-state index in [1.807, 2.05) is 0 Å². The third kappa shape index (κ3) is 5.19. The van der Waals surface area contributed by atoms with Crippen LogP contribution in [0.2, 0.25) is 0 Å². The van der Waals surface area contributed by atoms with Gasteiger partial charge < -0.3 is 15.0 Å². The SMILES string of the molecule is CC(C)Cc1[nH+]c(N2CC[NH+](CC(=O)NC[C@H]3CCCO3)CC2)c(C#N)c2c1CCC2. The molecule has 1 atom stereocenters. The molecule has 2 saturated heterocycles. The number of piperazine rings is 1. The maximum absolute atomic E-state index is 12.3. The van der Waals surface area contributed by atoms with E-state index < -0.39 is 0 Å². The fraction of sp³-hybridized carbons (Fsp3) is 0.708. The number of pyridine rings is 1. The largest absolute Gasteiger partial charge is 0.376 e. The summed E-state index contributed by atoms with van der Waals surface area (Å²) in [5, 5.41) is 13.0. The second-order valence-electron chi connectivity index (χ2n) is 9.70. The minimum atomic E-state index is 0.111. The van der Waals surface area contributed by atoms with Crippen LogP contribution in [0.5, 0.6) is 0 Å². The summed E-state index contributed by atoms with van der Waals surface area (Å²) < 4.78 is 5.59. The first-order valence-electron chi connectivity index (χ1n) is 12.0. The molecule has 0 bridgehead atoms. The van der Waals surface area contributed by atoms with Crippen LogP contribution < -0.4 is 20.1 Å². The average Bonchev–Trinajstić information content (AvgIpc) is 3.44. The lowest BCUT2D eigenvalue weighted by Crippen LogP contribution is -3.16. The molecule has 7 heteroatoms. The highest BCUT2D eigenvalue weighted by molar-refractivity contribution is 5.76. The number of nitrogens with zero attached hydrogens (tertiary/aromatic N) is 2. The number of amides is 1. The third-order valence-corrected chi connectivity index (χ3v) is 6.86. The van der Waals surface area contributed by atoms with E-state index in [9.17, 15) is 10.1 Å². The van der Waals surface area contributed by atoms with Gasteiger partial charge in [-0.2, -0.15) is 5.26 Å². The number of carbonyl (C=O) groups is 1. The molecule has 1 aromatic heterocycles. The van der Waals surface area contributed by atoms with Crippen molar-refractivity contribution in [1.82, 2.24) is 5.32 Å². The minimum Gasteiger partial charge on any atom is -0.376 e. The third-order valence-electron chi connectivity index (χ3n) is 6.86. The molecular formula is C24H37N5O2+2. The van der Waals surface area contributed by atoms with Crippen LogP contribution in [0.3, 0.4) is 0 Å². The first kappa shape index (κ1) is 22.0. The minimum absolute atomic E-state index is 0.111. The number of nitrogens with one attached hydrogen (secondary N) is 3. The van der Waals surface area contributed by atoms with Crippen molar-refractivity contribution >= 4 is 11.7 Å². The summed E-state index contributed by atoms with van der Waals surface area (Å²) in [6, 6.07) is 2.50. The first-order chi connectivity index (χ1) is 15.0. The zero-order valence-corrected chi connectivity index (χ0v) is 19.1. The molecule has 0 unspecified atom stereocenters. The van der Waals surface area contributed by atoms with Crippen LogP contribution >= 0.6 is 0 Å². The average molecular weight is 428 g/mol. The summed E-state index contributed by atoms with van der Waals surface area (Å²) in [5.74, 6) is 1.69. The molecule has 31 heavy (non-hydrogen) atoms. The molecule has 7 nitrogen and oxygen atoms in total. The Bertz CT molecular complexity index is 833. The van der Waals surface area contributed by atoms with Crippen molar-refractivity contribution < 1.29 is 19.4 Å². The standard InChI is InChI=1S/C24H35N5O2/c1-17(2)13-22-20-7-3-6-19(20)21(14-25)24(27-22)29-10-8-28(9-11-29)16-23(30)26-15-18-5-4-12-31-18/h17-18H,3-13,15-16H2,1-2H3,(H,26,30)/p+2/t18-/m1/s1. The summed E-state index contributed by atoms with van der Waals surface area (Å²) in [4.78, 5) is 19.7. The molecule has 0 spiro atoms. The highest BCUT2D eigenvalue weighted by Gasteiger charge is 2.34. The Morgan fingerprint density at radius 3 is 2.74 bits per heavy atom. The van der Waals surface area contributed by atoms with E-state index in [1.54, 1.807) is 0 Å². The summed E-state index contributed by atoms with van der Waals surface area (Å²) in [5.41, 5.74) is 4.83. The van der Waals surface area contributed by atoms with Gasteiger partial charge >= 0.3 is 0 Å². The van der Waals surface area contributed by atoms with Crippen molar-refractivity contribution in [3.63, 3.8) is 0 Å². The Balaban J connectivity index is 1.38. The van der Waals surface area contributed by atoms with Gasteiger partial charge in [0.25, 0.3) is 11.7 Å². The Morgan fingerprint density at radius 2 is 2.06 bits per heavy atom. The molecule has 0 radical (unpaired) electrons. The fourth-order valence-corrected chi connectivity index (χ4v) is 5.26. The van der Waals surface area contributed by atoms with Crippen molar-refractivity contribution in [3.05, 3.63) is 22.4 Å². The van der Waals surface area contributed by atoms with Crippen molar-refractivity contribution in [2.24, 2.45) is 5.92 Å². The number of fused-ring (bicyclic) bond motifs is 1. The lowest BCUT2D eigenvalue weighted by atomic mass is 9.97. The van der Waals surface area contributed by atoms with Crippen molar-refractivity contribution in [3.8, 4) is 6.07 Å². The number of aromatic nitrogens is 1. The molecular weight excluding hydrogens is 390 g/mol. The molecule has 4 rings (SSSR count). The number of hydrogen-bond donors (Lipinski definition) is 2. The van der Waals surface area contributed by atoms with Gasteiger partial charge in [-0.1, -0.05) is 13.8 Å². The summed E-state index contributed by atoms with van der Waals surface area (Å²) in [6.07, 6.45) is 6.60. The predicted molar refractivity (Wildman–Crippen MR) is 118 cm³/mol. The van der Waals surface area contributed by atoms with E-state index in [0.29, 0.717) is 19.0 Å². The molecule has 168 valence electrons. The molecule has 1 aliphatic carbocycles. The van der Waals surface area contributed by atoms with Gasteiger partial charge in [-0.15, -0.1) is 0 Å². The normalized spacial score (nSPS) is 21.4. The number of nitriles is 1. The number of quaternary nitrogens is 1. The van der Waals surface area contributed by atoms with E-state index in [-0.39, 0.29) is 12.0 Å². The van der Waals surface area contributed by atoms with Crippen LogP contribution in [0, 0.1) is 17.2 Å². The summed E-state index contributed by atoms with van der Waals surface area (Å²) in [7, 11) is 0. The van der Waals surface area contributed by atoms with Crippen molar-refractivity contribution in [1.29, 1.82) is 5.26 Å². The molecule has 0 saturated carbocycles. The Hall–Kier alpha value is -2.17. The van der Waals surface area contributed by atoms with Gasteiger partial charge in [0.1, 0.15) is 43.5 Å². The second-order valence-corrected chi connectivity index (χ2v) is 9.70. The van der Waals surface area contributed by atoms with E-state index in [1.165, 1.54) is 21.7 Å². The van der Waals surface area contributed by atoms with Crippen molar-refractivity contribution in [2.45, 2.75) is 58.5 Å². The number of ether oxygens (including phenoxy) is 1. The van der Waals surface area contributed by atoms with E-state index in [0.717, 1.165) is 82.7 Å². The molecule has 3 N–H and O–H groups in total. The molecule has 2 aliphatic heterocycles. The number of anilines is 1. The van der Waals surface area contributed by atoms with Crippen LogP contribution in [0.15, 0.2) is 0 Å². The van der Waals surface area contributed by atoms with Gasteiger partial charge in [0.2, 0.25) is 0 Å². The lowest BCUT2D eigenvalue weighted by molar-refractivity contribution is -0.892. The number of aromatic amines is 1. The number of H-pyrrole nitrogens is 1. The number of carbonyl (C=O) groups excluding carboxylic acids is 1. The van der Waals surface area contributed by atoms with Crippen LogP contribution in [0.4, 0.5) is 5.82 Å². The zero-order valence-electron chi connectivity index (χ0n) is 19.1.